The number of ketones is 1. The van der Waals surface area contributed by atoms with Gasteiger partial charge in [-0.15, -0.1) is 0 Å². The number of hydrogen-bond donors (Lipinski definition) is 0. The van der Waals surface area contributed by atoms with Gasteiger partial charge in [-0.2, -0.15) is 10.2 Å². The zero-order valence-corrected chi connectivity index (χ0v) is 6.80. The number of carbonyl (C=O) groups excluding carboxylic acids is 1. The van der Waals surface area contributed by atoms with E-state index < -0.39 is 5.66 Å². The highest BCUT2D eigenvalue weighted by atomic mass is 16.1. The molecule has 0 N–H and O–H groups in total. The summed E-state index contributed by atoms with van der Waals surface area (Å²) in [7, 11) is 0. The zero-order valence-electron chi connectivity index (χ0n) is 6.80. The van der Waals surface area contributed by atoms with Crippen LogP contribution in [0.2, 0.25) is 0 Å². The molecule has 1 rings (SSSR count). The molecule has 1 aliphatic rings. The highest BCUT2D eigenvalue weighted by Crippen LogP contribution is 2.35. The van der Waals surface area contributed by atoms with E-state index in [-0.39, 0.29) is 11.2 Å². The van der Waals surface area contributed by atoms with Crippen LogP contribution in [0.5, 0.6) is 0 Å². The van der Waals surface area contributed by atoms with Gasteiger partial charge in [-0.3, -0.25) is 4.79 Å². The largest absolute Gasteiger partial charge is 0.294 e. The van der Waals surface area contributed by atoms with Crippen molar-refractivity contribution in [2.24, 2.45) is 15.6 Å². The third-order valence-corrected chi connectivity index (χ3v) is 1.51. The fraction of sp³-hybridized carbons (Fsp3) is 0.857. The third kappa shape index (κ3) is 1.08. The second kappa shape index (κ2) is 1.65. The first-order valence-electron chi connectivity index (χ1n) is 3.35. The number of rotatable bonds is 1. The minimum atomic E-state index is -0.696. The van der Waals surface area contributed by atoms with Crippen molar-refractivity contribution in [3.8, 4) is 0 Å². The molecule has 0 aromatic heterocycles. The van der Waals surface area contributed by atoms with Crippen LogP contribution >= 0.6 is 0 Å². The van der Waals surface area contributed by atoms with Crippen LogP contribution in [-0.2, 0) is 4.79 Å². The molecule has 0 aliphatic carbocycles. The molecule has 10 heavy (non-hydrogen) atoms. The lowest BCUT2D eigenvalue weighted by atomic mass is 9.85. The first-order valence-corrected chi connectivity index (χ1v) is 3.35. The van der Waals surface area contributed by atoms with Crippen LogP contribution in [0.25, 0.3) is 0 Å². The molecule has 1 heterocycles. The Labute approximate surface area is 60.5 Å². The Morgan fingerprint density at radius 2 is 1.70 bits per heavy atom. The Hall–Kier alpha value is -0.730. The minimum absolute atomic E-state index is 0.0972. The molecule has 0 aromatic carbocycles. The highest BCUT2D eigenvalue weighted by molar-refractivity contribution is 5.93. The topological polar surface area (TPSA) is 41.8 Å². The molecule has 0 aromatic rings. The first kappa shape index (κ1) is 7.38. The van der Waals surface area contributed by atoms with E-state index in [0.29, 0.717) is 0 Å². The van der Waals surface area contributed by atoms with Crippen LogP contribution in [0.1, 0.15) is 27.7 Å². The number of nitrogens with zero attached hydrogens (tertiary/aromatic N) is 2. The minimum Gasteiger partial charge on any atom is -0.294 e. The lowest BCUT2D eigenvalue weighted by Crippen LogP contribution is -2.32. The van der Waals surface area contributed by atoms with Crippen molar-refractivity contribution in [3.05, 3.63) is 0 Å². The molecule has 0 radical (unpaired) electrons. The van der Waals surface area contributed by atoms with Crippen molar-refractivity contribution in [2.75, 3.05) is 0 Å². The molecule has 0 saturated heterocycles. The number of Topliss-reactive ketones (excluding diaryl/α,β-unsaturated/α-hetero) is 1. The summed E-state index contributed by atoms with van der Waals surface area (Å²) in [5.74, 6) is 0.0972. The summed E-state index contributed by atoms with van der Waals surface area (Å²) in [5, 5.41) is 7.35. The summed E-state index contributed by atoms with van der Waals surface area (Å²) in [6, 6.07) is 0. The maximum absolute atomic E-state index is 11.4. The van der Waals surface area contributed by atoms with E-state index in [4.69, 9.17) is 0 Å². The summed E-state index contributed by atoms with van der Waals surface area (Å²) < 4.78 is 0. The van der Waals surface area contributed by atoms with Gasteiger partial charge < -0.3 is 0 Å². The Morgan fingerprint density at radius 3 is 1.80 bits per heavy atom. The normalized spacial score (nSPS) is 20.8. The van der Waals surface area contributed by atoms with Crippen LogP contribution in [-0.4, -0.2) is 11.4 Å². The fourth-order valence-corrected chi connectivity index (χ4v) is 0.876. The zero-order chi connectivity index (χ0) is 7.99. The lowest BCUT2D eigenvalue weighted by Gasteiger charge is -2.17. The van der Waals surface area contributed by atoms with Crippen molar-refractivity contribution in [2.45, 2.75) is 33.4 Å². The summed E-state index contributed by atoms with van der Waals surface area (Å²) >= 11 is 0. The second-order valence-electron chi connectivity index (χ2n) is 3.80. The average Bonchev–Trinajstić information content (AvgIpc) is 2.45. The molecular weight excluding hydrogens is 128 g/mol. The van der Waals surface area contributed by atoms with Crippen LogP contribution < -0.4 is 0 Å². The second-order valence-corrected chi connectivity index (χ2v) is 3.80. The van der Waals surface area contributed by atoms with E-state index in [1.807, 2.05) is 20.8 Å². The van der Waals surface area contributed by atoms with E-state index in [9.17, 15) is 4.79 Å². The highest BCUT2D eigenvalue weighted by Gasteiger charge is 2.47. The summed E-state index contributed by atoms with van der Waals surface area (Å²) in [4.78, 5) is 11.4. The molecular formula is C7H12N2O. The van der Waals surface area contributed by atoms with Crippen LogP contribution in [0.4, 0.5) is 0 Å². The van der Waals surface area contributed by atoms with Crippen LogP contribution in [0, 0.1) is 5.41 Å². The van der Waals surface area contributed by atoms with Crippen molar-refractivity contribution in [1.82, 2.24) is 0 Å². The van der Waals surface area contributed by atoms with Gasteiger partial charge in [0.1, 0.15) is 0 Å². The first-order chi connectivity index (χ1) is 4.36. The van der Waals surface area contributed by atoms with Gasteiger partial charge in [0.2, 0.25) is 5.66 Å². The van der Waals surface area contributed by atoms with Crippen molar-refractivity contribution >= 4 is 5.78 Å². The molecule has 0 spiro atoms. The molecule has 3 nitrogen and oxygen atoms in total. The Kier molecular flexibility index (Phi) is 1.22. The predicted octanol–water partition coefficient (Wildman–Crippen LogP) is 1.78. The van der Waals surface area contributed by atoms with Gasteiger partial charge in [0, 0.05) is 5.41 Å². The Balaban J connectivity index is 2.68. The van der Waals surface area contributed by atoms with E-state index >= 15 is 0 Å². The quantitative estimate of drug-likeness (QED) is 0.547. The maximum Gasteiger partial charge on any atom is 0.245 e. The summed E-state index contributed by atoms with van der Waals surface area (Å²) in [6.07, 6.45) is 0. The lowest BCUT2D eigenvalue weighted by molar-refractivity contribution is -0.128. The molecule has 0 atom stereocenters. The molecule has 0 fully saturated rings. The van der Waals surface area contributed by atoms with E-state index in [1.165, 1.54) is 0 Å². The van der Waals surface area contributed by atoms with E-state index in [0.717, 1.165) is 0 Å². The number of hydrogen-bond acceptors (Lipinski definition) is 3. The van der Waals surface area contributed by atoms with Gasteiger partial charge in [-0.25, -0.2) is 0 Å². The van der Waals surface area contributed by atoms with Gasteiger partial charge in [-0.1, -0.05) is 20.8 Å². The van der Waals surface area contributed by atoms with Crippen molar-refractivity contribution in [3.63, 3.8) is 0 Å². The molecule has 0 amide bonds. The predicted molar refractivity (Wildman–Crippen MR) is 37.7 cm³/mol. The van der Waals surface area contributed by atoms with Gasteiger partial charge in [0.05, 0.1) is 0 Å². The van der Waals surface area contributed by atoms with Crippen molar-refractivity contribution < 1.29 is 4.79 Å². The Bertz CT molecular complexity index is 187. The Morgan fingerprint density at radius 1 is 1.30 bits per heavy atom. The smallest absolute Gasteiger partial charge is 0.245 e. The molecule has 3 heteroatoms. The molecule has 56 valence electrons. The fourth-order valence-electron chi connectivity index (χ4n) is 0.876. The van der Waals surface area contributed by atoms with Crippen LogP contribution in [0.3, 0.4) is 0 Å². The maximum atomic E-state index is 11.4. The molecule has 0 bridgehead atoms. The van der Waals surface area contributed by atoms with Crippen LogP contribution in [0.15, 0.2) is 10.2 Å². The third-order valence-electron chi connectivity index (χ3n) is 1.51. The molecule has 0 unspecified atom stereocenters. The average molecular weight is 140 g/mol. The summed E-state index contributed by atoms with van der Waals surface area (Å²) in [5.41, 5.74) is -1.02. The van der Waals surface area contributed by atoms with Gasteiger partial charge in [0.15, 0.2) is 5.78 Å². The van der Waals surface area contributed by atoms with Gasteiger partial charge >= 0.3 is 0 Å². The van der Waals surface area contributed by atoms with E-state index in [2.05, 4.69) is 10.2 Å². The molecule has 1 aliphatic heterocycles. The number of carbonyl (C=O) groups is 1. The SMILES string of the molecule is CC(C)(C)C(=O)C1(C)N=N1. The van der Waals surface area contributed by atoms with Gasteiger partial charge in [-0.05, 0) is 6.92 Å². The van der Waals surface area contributed by atoms with E-state index in [1.54, 1.807) is 6.92 Å². The molecule has 0 saturated carbocycles. The summed E-state index contributed by atoms with van der Waals surface area (Å²) in [6.45, 7) is 7.37. The van der Waals surface area contributed by atoms with Crippen molar-refractivity contribution in [1.29, 1.82) is 0 Å². The monoisotopic (exact) mass is 140 g/mol. The van der Waals surface area contributed by atoms with Gasteiger partial charge in [0.25, 0.3) is 0 Å². The standard InChI is InChI=1S/C7H12N2O/c1-6(2,3)5(10)7(4)8-9-7/h1-4H3.